The van der Waals surface area contributed by atoms with Gasteiger partial charge in [0.05, 0.1) is 13.0 Å². The van der Waals surface area contributed by atoms with E-state index in [4.69, 9.17) is 4.74 Å². The molecule has 5 heteroatoms. The van der Waals surface area contributed by atoms with Crippen molar-refractivity contribution in [3.05, 3.63) is 29.8 Å². The van der Waals surface area contributed by atoms with Gasteiger partial charge in [-0.25, -0.2) is 0 Å². The molecule has 0 bridgehead atoms. The van der Waals surface area contributed by atoms with Gasteiger partial charge in [-0.05, 0) is 24.1 Å². The third-order valence-corrected chi connectivity index (χ3v) is 2.75. The molecular weight excluding hydrogens is 256 g/mol. The first-order chi connectivity index (χ1) is 9.61. The highest BCUT2D eigenvalue weighted by atomic mass is 16.5. The fraction of sp³-hybridized carbons (Fsp3) is 0.467. The van der Waals surface area contributed by atoms with Gasteiger partial charge in [-0.1, -0.05) is 19.1 Å². The minimum Gasteiger partial charge on any atom is -0.493 e. The first-order valence-corrected chi connectivity index (χ1v) is 6.84. The second-order valence-electron chi connectivity index (χ2n) is 4.43. The Morgan fingerprint density at radius 3 is 2.35 bits per heavy atom. The molecule has 1 aromatic carbocycles. The van der Waals surface area contributed by atoms with Crippen molar-refractivity contribution in [3.8, 4) is 5.75 Å². The molecule has 0 fully saturated rings. The first kappa shape index (κ1) is 16.0. The summed E-state index contributed by atoms with van der Waals surface area (Å²) in [5.41, 5.74) is 1.26. The molecule has 0 aliphatic carbocycles. The zero-order valence-electron chi connectivity index (χ0n) is 12.1. The van der Waals surface area contributed by atoms with Crippen LogP contribution in [0, 0.1) is 0 Å². The van der Waals surface area contributed by atoms with Gasteiger partial charge in [-0.2, -0.15) is 0 Å². The van der Waals surface area contributed by atoms with E-state index < -0.39 is 0 Å². The summed E-state index contributed by atoms with van der Waals surface area (Å²) in [5, 5.41) is 5.32. The Labute approximate surface area is 119 Å². The van der Waals surface area contributed by atoms with Crippen molar-refractivity contribution in [1.82, 2.24) is 10.6 Å². The maximum absolute atomic E-state index is 11.5. The van der Waals surface area contributed by atoms with Crippen molar-refractivity contribution in [2.24, 2.45) is 0 Å². The molecule has 0 atom stereocenters. The van der Waals surface area contributed by atoms with E-state index in [1.54, 1.807) is 0 Å². The van der Waals surface area contributed by atoms with E-state index >= 15 is 0 Å². The number of ether oxygens (including phenoxy) is 1. The summed E-state index contributed by atoms with van der Waals surface area (Å²) in [7, 11) is 0. The highest BCUT2D eigenvalue weighted by Gasteiger charge is 2.01. The highest BCUT2D eigenvalue weighted by molar-refractivity contribution is 5.76. The van der Waals surface area contributed by atoms with E-state index in [0.29, 0.717) is 26.1 Å². The van der Waals surface area contributed by atoms with Gasteiger partial charge in [0.1, 0.15) is 5.75 Å². The Kier molecular flexibility index (Phi) is 7.17. The molecule has 0 spiro atoms. The topological polar surface area (TPSA) is 67.4 Å². The Bertz CT molecular complexity index is 429. The van der Waals surface area contributed by atoms with Gasteiger partial charge in [0.25, 0.3) is 0 Å². The molecule has 0 aromatic heterocycles. The first-order valence-electron chi connectivity index (χ1n) is 6.84. The van der Waals surface area contributed by atoms with Gasteiger partial charge in [0.2, 0.25) is 11.8 Å². The van der Waals surface area contributed by atoms with Crippen LogP contribution in [0.3, 0.4) is 0 Å². The summed E-state index contributed by atoms with van der Waals surface area (Å²) < 4.78 is 5.49. The van der Waals surface area contributed by atoms with Crippen LogP contribution in [-0.4, -0.2) is 31.5 Å². The van der Waals surface area contributed by atoms with Crippen LogP contribution in [0.15, 0.2) is 24.3 Å². The lowest BCUT2D eigenvalue weighted by Gasteiger charge is -2.08. The lowest BCUT2D eigenvalue weighted by atomic mass is 10.2. The van der Waals surface area contributed by atoms with Crippen LogP contribution >= 0.6 is 0 Å². The van der Waals surface area contributed by atoms with Crippen molar-refractivity contribution in [2.75, 3.05) is 19.7 Å². The molecule has 1 rings (SSSR count). The normalized spacial score (nSPS) is 9.90. The van der Waals surface area contributed by atoms with E-state index in [2.05, 4.69) is 17.6 Å². The molecule has 0 unspecified atom stereocenters. The van der Waals surface area contributed by atoms with Gasteiger partial charge in [-0.15, -0.1) is 0 Å². The third kappa shape index (κ3) is 6.78. The highest BCUT2D eigenvalue weighted by Crippen LogP contribution is 2.12. The van der Waals surface area contributed by atoms with E-state index in [9.17, 15) is 9.59 Å². The summed E-state index contributed by atoms with van der Waals surface area (Å²) >= 11 is 0. The molecule has 20 heavy (non-hydrogen) atoms. The Balaban J connectivity index is 2.13. The van der Waals surface area contributed by atoms with Gasteiger partial charge in [-0.3, -0.25) is 9.59 Å². The average molecular weight is 278 g/mol. The van der Waals surface area contributed by atoms with Crippen LogP contribution in [0.2, 0.25) is 0 Å². The van der Waals surface area contributed by atoms with Gasteiger partial charge < -0.3 is 15.4 Å². The number of hydrogen-bond acceptors (Lipinski definition) is 3. The maximum atomic E-state index is 11.5. The Hall–Kier alpha value is -2.04. The quantitative estimate of drug-likeness (QED) is 0.704. The monoisotopic (exact) mass is 278 g/mol. The van der Waals surface area contributed by atoms with Crippen LogP contribution in [0.5, 0.6) is 5.75 Å². The number of rotatable bonds is 8. The lowest BCUT2D eigenvalue weighted by Crippen LogP contribution is -2.34. The summed E-state index contributed by atoms with van der Waals surface area (Å²) in [6.45, 7) is 4.77. The second-order valence-corrected chi connectivity index (χ2v) is 4.43. The van der Waals surface area contributed by atoms with Crippen molar-refractivity contribution in [3.63, 3.8) is 0 Å². The number of benzene rings is 1. The average Bonchev–Trinajstić information content (AvgIpc) is 2.44. The minimum atomic E-state index is -0.0990. The molecule has 0 heterocycles. The predicted molar refractivity (Wildman–Crippen MR) is 77.6 cm³/mol. The summed E-state index contributed by atoms with van der Waals surface area (Å²) in [4.78, 5) is 22.1. The molecule has 0 radical (unpaired) electrons. The zero-order chi connectivity index (χ0) is 14.8. The van der Waals surface area contributed by atoms with Crippen molar-refractivity contribution in [2.45, 2.75) is 26.7 Å². The smallest absolute Gasteiger partial charge is 0.223 e. The molecule has 5 nitrogen and oxygen atoms in total. The number of carbonyl (C=O) groups excluding carboxylic acids is 2. The minimum absolute atomic E-state index is 0.0828. The Morgan fingerprint density at radius 1 is 1.10 bits per heavy atom. The molecule has 0 saturated heterocycles. The second kappa shape index (κ2) is 8.96. The van der Waals surface area contributed by atoms with E-state index in [-0.39, 0.29) is 11.8 Å². The van der Waals surface area contributed by atoms with Crippen LogP contribution in [-0.2, 0) is 16.0 Å². The van der Waals surface area contributed by atoms with E-state index in [0.717, 1.165) is 12.2 Å². The van der Waals surface area contributed by atoms with Gasteiger partial charge in [0.15, 0.2) is 0 Å². The molecule has 0 saturated carbocycles. The zero-order valence-corrected chi connectivity index (χ0v) is 12.1. The molecule has 0 aliphatic heterocycles. The van der Waals surface area contributed by atoms with Gasteiger partial charge >= 0.3 is 0 Å². The fourth-order valence-electron chi connectivity index (χ4n) is 1.61. The maximum Gasteiger partial charge on any atom is 0.223 e. The molecule has 1 aromatic rings. The number of nitrogens with one attached hydrogen (secondary N) is 2. The SMILES string of the molecule is CCc1ccc(OCCC(=O)NCCNC(C)=O)cc1. The third-order valence-electron chi connectivity index (χ3n) is 2.75. The molecule has 2 N–H and O–H groups in total. The summed E-state index contributed by atoms with van der Waals surface area (Å²) in [5.74, 6) is 0.590. The number of aryl methyl sites for hydroxylation is 1. The van der Waals surface area contributed by atoms with Crippen LogP contribution in [0.4, 0.5) is 0 Å². The number of amides is 2. The van der Waals surface area contributed by atoms with Crippen molar-refractivity contribution < 1.29 is 14.3 Å². The van der Waals surface area contributed by atoms with Crippen LogP contribution in [0.25, 0.3) is 0 Å². The molecule has 0 aliphatic rings. The standard InChI is InChI=1S/C15H22N2O3/c1-3-13-4-6-14(7-5-13)20-11-8-15(19)17-10-9-16-12(2)18/h4-7H,3,8-11H2,1-2H3,(H,16,18)(H,17,19). The van der Waals surface area contributed by atoms with E-state index in [1.165, 1.54) is 12.5 Å². The van der Waals surface area contributed by atoms with Crippen molar-refractivity contribution >= 4 is 11.8 Å². The van der Waals surface area contributed by atoms with Crippen molar-refractivity contribution in [1.29, 1.82) is 0 Å². The number of hydrogen-bond donors (Lipinski definition) is 2. The van der Waals surface area contributed by atoms with Gasteiger partial charge in [0, 0.05) is 20.0 Å². The fourth-order valence-corrected chi connectivity index (χ4v) is 1.61. The van der Waals surface area contributed by atoms with Crippen LogP contribution in [0.1, 0.15) is 25.8 Å². The molecular formula is C15H22N2O3. The summed E-state index contributed by atoms with van der Waals surface area (Å²) in [6.07, 6.45) is 1.30. The lowest BCUT2D eigenvalue weighted by molar-refractivity contribution is -0.122. The Morgan fingerprint density at radius 2 is 1.75 bits per heavy atom. The largest absolute Gasteiger partial charge is 0.493 e. The van der Waals surface area contributed by atoms with E-state index in [1.807, 2.05) is 24.3 Å². The molecule has 110 valence electrons. The number of carbonyl (C=O) groups is 2. The molecule has 2 amide bonds. The predicted octanol–water partition coefficient (Wildman–Crippen LogP) is 1.27. The van der Waals surface area contributed by atoms with Crippen LogP contribution < -0.4 is 15.4 Å². The summed E-state index contributed by atoms with van der Waals surface area (Å²) in [6, 6.07) is 7.85.